The van der Waals surface area contributed by atoms with Gasteiger partial charge in [0.25, 0.3) is 0 Å². The Kier molecular flexibility index (Phi) is 4.97. The summed E-state index contributed by atoms with van der Waals surface area (Å²) >= 11 is 0. The molecule has 0 spiro atoms. The second-order valence-corrected chi connectivity index (χ2v) is 4.31. The molecule has 0 aliphatic heterocycles. The molecule has 0 aliphatic rings. The molecule has 1 rings (SSSR count). The number of carbonyl (C=O) groups is 1. The van der Waals surface area contributed by atoms with Crippen LogP contribution in [0.15, 0.2) is 18.2 Å². The van der Waals surface area contributed by atoms with Gasteiger partial charge in [-0.2, -0.15) is 0 Å². The molecule has 1 aromatic rings. The van der Waals surface area contributed by atoms with E-state index in [-0.39, 0.29) is 5.78 Å². The number of carbonyl (C=O) groups excluding carboxylic acids is 1. The number of rotatable bonds is 6. The van der Waals surface area contributed by atoms with E-state index in [1.807, 2.05) is 14.1 Å². The minimum Gasteiger partial charge on any atom is -0.491 e. The molecule has 1 aromatic carbocycles. The number of Topliss-reactive ketones (excluding diaryl/α,β-unsaturated/α-hetero) is 1. The first-order valence-electron chi connectivity index (χ1n) is 5.68. The van der Waals surface area contributed by atoms with Crippen LogP contribution in [-0.2, 0) is 0 Å². The van der Waals surface area contributed by atoms with E-state index < -0.39 is 0 Å². The van der Waals surface area contributed by atoms with Gasteiger partial charge in [-0.15, -0.1) is 0 Å². The van der Waals surface area contributed by atoms with Crippen molar-refractivity contribution in [3.8, 4) is 5.75 Å². The van der Waals surface area contributed by atoms with Crippen LogP contribution in [-0.4, -0.2) is 37.9 Å². The van der Waals surface area contributed by atoms with Gasteiger partial charge in [-0.05, 0) is 45.6 Å². The maximum atomic E-state index is 11.1. The Hall–Kier alpha value is -1.55. The highest BCUT2D eigenvalue weighted by molar-refractivity contribution is 5.95. The predicted octanol–water partition coefficient (Wildman–Crippen LogP) is 1.80. The first-order chi connectivity index (χ1) is 8.00. The summed E-state index contributed by atoms with van der Waals surface area (Å²) in [5, 5.41) is 0. The average Bonchev–Trinajstić information content (AvgIpc) is 2.25. The van der Waals surface area contributed by atoms with Gasteiger partial charge in [-0.3, -0.25) is 4.79 Å². The van der Waals surface area contributed by atoms with Gasteiger partial charge in [0.1, 0.15) is 5.75 Å². The van der Waals surface area contributed by atoms with Crippen molar-refractivity contribution in [1.29, 1.82) is 0 Å². The van der Waals surface area contributed by atoms with E-state index in [0.29, 0.717) is 23.6 Å². The fraction of sp³-hybridized carbons (Fsp3) is 0.462. The fourth-order valence-corrected chi connectivity index (χ4v) is 1.46. The highest BCUT2D eigenvalue weighted by Crippen LogP contribution is 2.22. The number of ether oxygens (including phenoxy) is 1. The number of hydrogen-bond donors (Lipinski definition) is 1. The van der Waals surface area contributed by atoms with Crippen molar-refractivity contribution < 1.29 is 9.53 Å². The molecule has 0 unspecified atom stereocenters. The zero-order valence-corrected chi connectivity index (χ0v) is 10.7. The highest BCUT2D eigenvalue weighted by atomic mass is 16.5. The lowest BCUT2D eigenvalue weighted by atomic mass is 10.1. The number of anilines is 1. The van der Waals surface area contributed by atoms with E-state index >= 15 is 0 Å². The molecule has 0 amide bonds. The molecule has 0 saturated heterocycles. The molecule has 0 heterocycles. The fourth-order valence-electron chi connectivity index (χ4n) is 1.46. The molecule has 0 radical (unpaired) electrons. The molecule has 4 nitrogen and oxygen atoms in total. The van der Waals surface area contributed by atoms with E-state index in [1.54, 1.807) is 18.2 Å². The minimum absolute atomic E-state index is 0.0101. The van der Waals surface area contributed by atoms with E-state index in [4.69, 9.17) is 10.5 Å². The summed E-state index contributed by atoms with van der Waals surface area (Å²) in [7, 11) is 4.05. The average molecular weight is 236 g/mol. The third kappa shape index (κ3) is 4.44. The lowest BCUT2D eigenvalue weighted by molar-refractivity contribution is 0.101. The molecular weight excluding hydrogens is 216 g/mol. The number of nitrogen functional groups attached to an aromatic ring is 1. The molecule has 0 bridgehead atoms. The summed E-state index contributed by atoms with van der Waals surface area (Å²) in [5.74, 6) is 0.657. The van der Waals surface area contributed by atoms with Gasteiger partial charge in [0.15, 0.2) is 5.78 Å². The maximum Gasteiger partial charge on any atom is 0.159 e. The molecule has 17 heavy (non-hydrogen) atoms. The van der Waals surface area contributed by atoms with Crippen LogP contribution in [0.2, 0.25) is 0 Å². The van der Waals surface area contributed by atoms with Gasteiger partial charge < -0.3 is 15.4 Å². The molecule has 0 atom stereocenters. The van der Waals surface area contributed by atoms with Crippen LogP contribution in [0.1, 0.15) is 23.7 Å². The number of nitrogens with zero attached hydrogens (tertiary/aromatic N) is 1. The second-order valence-electron chi connectivity index (χ2n) is 4.31. The van der Waals surface area contributed by atoms with E-state index in [1.165, 1.54) is 6.92 Å². The Morgan fingerprint density at radius 3 is 2.65 bits per heavy atom. The normalized spacial score (nSPS) is 10.6. The first-order valence-corrected chi connectivity index (χ1v) is 5.68. The molecular formula is C13H20N2O2. The molecule has 0 aliphatic carbocycles. The lowest BCUT2D eigenvalue weighted by Gasteiger charge is -2.12. The van der Waals surface area contributed by atoms with Crippen molar-refractivity contribution in [3.05, 3.63) is 23.8 Å². The van der Waals surface area contributed by atoms with E-state index in [2.05, 4.69) is 4.90 Å². The first kappa shape index (κ1) is 13.5. The Balaban J connectivity index is 2.52. The van der Waals surface area contributed by atoms with Crippen molar-refractivity contribution in [2.45, 2.75) is 13.3 Å². The van der Waals surface area contributed by atoms with Crippen LogP contribution >= 0.6 is 0 Å². The second kappa shape index (κ2) is 6.25. The summed E-state index contributed by atoms with van der Waals surface area (Å²) < 4.78 is 5.56. The SMILES string of the molecule is CC(=O)c1ccc(OCCCN(C)C)c(N)c1. The topological polar surface area (TPSA) is 55.6 Å². The zero-order chi connectivity index (χ0) is 12.8. The number of ketones is 1. The van der Waals surface area contributed by atoms with Gasteiger partial charge >= 0.3 is 0 Å². The van der Waals surface area contributed by atoms with Crippen LogP contribution in [0.3, 0.4) is 0 Å². The molecule has 4 heteroatoms. The van der Waals surface area contributed by atoms with E-state index in [0.717, 1.165) is 13.0 Å². The van der Waals surface area contributed by atoms with Crippen LogP contribution < -0.4 is 10.5 Å². The number of hydrogen-bond acceptors (Lipinski definition) is 4. The van der Waals surface area contributed by atoms with Crippen molar-refractivity contribution >= 4 is 11.5 Å². The quantitative estimate of drug-likeness (QED) is 0.465. The molecule has 2 N–H and O–H groups in total. The van der Waals surface area contributed by atoms with Crippen LogP contribution in [0, 0.1) is 0 Å². The third-order valence-corrected chi connectivity index (χ3v) is 2.42. The van der Waals surface area contributed by atoms with Gasteiger partial charge in [0.2, 0.25) is 0 Å². The molecule has 0 fully saturated rings. The highest BCUT2D eigenvalue weighted by Gasteiger charge is 2.04. The molecule has 94 valence electrons. The Labute approximate surface area is 102 Å². The summed E-state index contributed by atoms with van der Waals surface area (Å²) in [6, 6.07) is 5.14. The maximum absolute atomic E-state index is 11.1. The summed E-state index contributed by atoms with van der Waals surface area (Å²) in [5.41, 5.74) is 6.94. The summed E-state index contributed by atoms with van der Waals surface area (Å²) in [4.78, 5) is 13.2. The summed E-state index contributed by atoms with van der Waals surface area (Å²) in [6.45, 7) is 3.12. The van der Waals surface area contributed by atoms with Crippen LogP contribution in [0.5, 0.6) is 5.75 Å². The number of nitrogens with two attached hydrogens (primary N) is 1. The van der Waals surface area contributed by atoms with Gasteiger partial charge in [0.05, 0.1) is 12.3 Å². The summed E-state index contributed by atoms with van der Waals surface area (Å²) in [6.07, 6.45) is 0.945. The van der Waals surface area contributed by atoms with Crippen molar-refractivity contribution in [2.75, 3.05) is 33.0 Å². The smallest absolute Gasteiger partial charge is 0.159 e. The van der Waals surface area contributed by atoms with Crippen molar-refractivity contribution in [3.63, 3.8) is 0 Å². The van der Waals surface area contributed by atoms with Gasteiger partial charge in [0, 0.05) is 12.1 Å². The van der Waals surface area contributed by atoms with Crippen molar-refractivity contribution in [2.24, 2.45) is 0 Å². The molecule has 0 saturated carbocycles. The van der Waals surface area contributed by atoms with Gasteiger partial charge in [-0.25, -0.2) is 0 Å². The molecule has 0 aromatic heterocycles. The van der Waals surface area contributed by atoms with Gasteiger partial charge in [-0.1, -0.05) is 0 Å². The van der Waals surface area contributed by atoms with E-state index in [9.17, 15) is 4.79 Å². The lowest BCUT2D eigenvalue weighted by Crippen LogP contribution is -2.15. The minimum atomic E-state index is 0.0101. The Morgan fingerprint density at radius 1 is 1.41 bits per heavy atom. The van der Waals surface area contributed by atoms with Crippen molar-refractivity contribution in [1.82, 2.24) is 4.90 Å². The van der Waals surface area contributed by atoms with Crippen LogP contribution in [0.25, 0.3) is 0 Å². The standard InChI is InChI=1S/C13H20N2O2/c1-10(16)11-5-6-13(12(14)9-11)17-8-4-7-15(2)3/h5-6,9H,4,7-8,14H2,1-3H3. The predicted molar refractivity (Wildman–Crippen MR) is 69.5 cm³/mol. The Morgan fingerprint density at radius 2 is 2.12 bits per heavy atom. The zero-order valence-electron chi connectivity index (χ0n) is 10.7. The number of benzene rings is 1. The van der Waals surface area contributed by atoms with Crippen LogP contribution in [0.4, 0.5) is 5.69 Å². The Bertz CT molecular complexity index is 389. The largest absolute Gasteiger partial charge is 0.491 e. The third-order valence-electron chi connectivity index (χ3n) is 2.42. The monoisotopic (exact) mass is 236 g/mol.